The summed E-state index contributed by atoms with van der Waals surface area (Å²) in [6.07, 6.45) is 12.3. The topological polar surface area (TPSA) is 17.1 Å². The van der Waals surface area contributed by atoms with Crippen molar-refractivity contribution in [3.05, 3.63) is 24.3 Å². The number of rotatable bonds is 0. The highest BCUT2D eigenvalue weighted by molar-refractivity contribution is 5.88. The number of carbonyl (C=O) groups excluding carboxylic acids is 1. The molecule has 0 aromatic heterocycles. The molecule has 70 valence electrons. The van der Waals surface area contributed by atoms with Gasteiger partial charge in [0.1, 0.15) is 5.78 Å². The molecule has 0 aromatic carbocycles. The lowest BCUT2D eigenvalue weighted by Crippen LogP contribution is -2.39. The molecule has 0 heterocycles. The maximum atomic E-state index is 11.9. The Balaban J connectivity index is 2.31. The van der Waals surface area contributed by atoms with Gasteiger partial charge in [-0.15, -0.1) is 0 Å². The second kappa shape index (κ2) is 3.13. The zero-order valence-corrected chi connectivity index (χ0v) is 8.12. The Bertz CT molecular complexity index is 275. The summed E-state index contributed by atoms with van der Waals surface area (Å²) >= 11 is 0. The molecule has 0 aliphatic heterocycles. The average Bonchev–Trinajstić information content (AvgIpc) is 2.16. The van der Waals surface area contributed by atoms with Crippen LogP contribution in [0.3, 0.4) is 0 Å². The fourth-order valence-electron chi connectivity index (χ4n) is 2.54. The van der Waals surface area contributed by atoms with Gasteiger partial charge in [0, 0.05) is 6.42 Å². The summed E-state index contributed by atoms with van der Waals surface area (Å²) in [5, 5.41) is 0. The van der Waals surface area contributed by atoms with Gasteiger partial charge in [-0.2, -0.15) is 0 Å². The minimum atomic E-state index is -0.132. The Morgan fingerprint density at radius 1 is 1.46 bits per heavy atom. The van der Waals surface area contributed by atoms with Crippen molar-refractivity contribution < 1.29 is 4.79 Å². The number of ketones is 1. The molecule has 1 heteroatoms. The van der Waals surface area contributed by atoms with Crippen molar-refractivity contribution in [2.45, 2.75) is 32.6 Å². The van der Waals surface area contributed by atoms with Crippen molar-refractivity contribution in [2.24, 2.45) is 11.3 Å². The molecule has 1 fully saturated rings. The molecule has 0 amide bonds. The van der Waals surface area contributed by atoms with Crippen molar-refractivity contribution in [3.63, 3.8) is 0 Å². The van der Waals surface area contributed by atoms with E-state index in [2.05, 4.69) is 19.1 Å². The predicted molar refractivity (Wildman–Crippen MR) is 53.4 cm³/mol. The molecule has 2 unspecified atom stereocenters. The molecule has 1 nitrogen and oxygen atoms in total. The minimum absolute atomic E-state index is 0.132. The van der Waals surface area contributed by atoms with Crippen LogP contribution in [-0.4, -0.2) is 5.78 Å². The Labute approximate surface area is 79.5 Å². The standard InChI is InChI=1S/C12H16O/c1-10-6-5-7-11(13)12(10)8-3-2-4-9-12/h2-4,8,10H,5-7,9H2,1H3. The van der Waals surface area contributed by atoms with Gasteiger partial charge >= 0.3 is 0 Å². The first-order valence-electron chi connectivity index (χ1n) is 5.13. The van der Waals surface area contributed by atoms with Gasteiger partial charge in [-0.05, 0) is 25.2 Å². The zero-order chi connectivity index (χ0) is 9.31. The van der Waals surface area contributed by atoms with Crippen LogP contribution in [0, 0.1) is 11.3 Å². The van der Waals surface area contributed by atoms with Crippen molar-refractivity contribution in [2.75, 3.05) is 0 Å². The van der Waals surface area contributed by atoms with Gasteiger partial charge in [-0.25, -0.2) is 0 Å². The molecule has 2 atom stereocenters. The van der Waals surface area contributed by atoms with E-state index in [4.69, 9.17) is 0 Å². The summed E-state index contributed by atoms with van der Waals surface area (Å²) in [4.78, 5) is 11.9. The third kappa shape index (κ3) is 1.27. The lowest BCUT2D eigenvalue weighted by atomic mass is 9.63. The molecule has 0 aromatic rings. The molecule has 0 N–H and O–H groups in total. The van der Waals surface area contributed by atoms with Crippen molar-refractivity contribution in [3.8, 4) is 0 Å². The molecule has 2 aliphatic rings. The van der Waals surface area contributed by atoms with Gasteiger partial charge in [-0.3, -0.25) is 4.79 Å². The maximum Gasteiger partial charge on any atom is 0.143 e. The average molecular weight is 176 g/mol. The van der Waals surface area contributed by atoms with Crippen molar-refractivity contribution in [1.29, 1.82) is 0 Å². The molecular formula is C12H16O. The summed E-state index contributed by atoms with van der Waals surface area (Å²) in [6.45, 7) is 2.21. The van der Waals surface area contributed by atoms with Crippen molar-refractivity contribution in [1.82, 2.24) is 0 Å². The van der Waals surface area contributed by atoms with Crippen LogP contribution in [0.25, 0.3) is 0 Å². The van der Waals surface area contributed by atoms with E-state index in [1.54, 1.807) is 0 Å². The second-order valence-electron chi connectivity index (χ2n) is 4.25. The first kappa shape index (κ1) is 8.74. The molecule has 13 heavy (non-hydrogen) atoms. The van der Waals surface area contributed by atoms with E-state index in [9.17, 15) is 4.79 Å². The lowest BCUT2D eigenvalue weighted by molar-refractivity contribution is -0.131. The van der Waals surface area contributed by atoms with Crippen LogP contribution in [0.4, 0.5) is 0 Å². The molecular weight excluding hydrogens is 160 g/mol. The minimum Gasteiger partial charge on any atom is -0.299 e. The smallest absolute Gasteiger partial charge is 0.143 e. The van der Waals surface area contributed by atoms with E-state index in [1.165, 1.54) is 6.42 Å². The monoisotopic (exact) mass is 176 g/mol. The van der Waals surface area contributed by atoms with E-state index in [-0.39, 0.29) is 5.41 Å². The van der Waals surface area contributed by atoms with Gasteiger partial charge in [0.15, 0.2) is 0 Å². The first-order valence-corrected chi connectivity index (χ1v) is 5.13. The predicted octanol–water partition coefficient (Wildman–Crippen LogP) is 2.88. The number of carbonyl (C=O) groups is 1. The third-order valence-electron chi connectivity index (χ3n) is 3.54. The highest BCUT2D eigenvalue weighted by Crippen LogP contribution is 2.43. The first-order chi connectivity index (χ1) is 6.26. The fourth-order valence-corrected chi connectivity index (χ4v) is 2.54. The molecule has 0 saturated heterocycles. The van der Waals surface area contributed by atoms with Crippen LogP contribution in [0.1, 0.15) is 32.6 Å². The number of Topliss-reactive ketones (excluding diaryl/α,β-unsaturated/α-hetero) is 1. The molecule has 1 spiro atoms. The van der Waals surface area contributed by atoms with Gasteiger partial charge in [0.05, 0.1) is 5.41 Å². The van der Waals surface area contributed by atoms with E-state index in [0.717, 1.165) is 19.3 Å². The Kier molecular flexibility index (Phi) is 2.10. The van der Waals surface area contributed by atoms with E-state index >= 15 is 0 Å². The lowest BCUT2D eigenvalue weighted by Gasteiger charge is -2.39. The Hall–Kier alpha value is -0.850. The second-order valence-corrected chi connectivity index (χ2v) is 4.25. The summed E-state index contributed by atoms with van der Waals surface area (Å²) in [5.74, 6) is 0.974. The van der Waals surface area contributed by atoms with Crippen molar-refractivity contribution >= 4 is 5.78 Å². The third-order valence-corrected chi connectivity index (χ3v) is 3.54. The van der Waals surface area contributed by atoms with Gasteiger partial charge in [0.25, 0.3) is 0 Å². The quantitative estimate of drug-likeness (QED) is 0.554. The van der Waals surface area contributed by atoms with Gasteiger partial charge in [-0.1, -0.05) is 31.2 Å². The fraction of sp³-hybridized carbons (Fsp3) is 0.583. The van der Waals surface area contributed by atoms with Crippen LogP contribution in [0.15, 0.2) is 24.3 Å². The summed E-state index contributed by atoms with van der Waals surface area (Å²) in [7, 11) is 0. The number of allylic oxidation sites excluding steroid dienone is 4. The molecule has 1 saturated carbocycles. The highest BCUT2D eigenvalue weighted by Gasteiger charge is 2.42. The molecule has 0 radical (unpaired) electrons. The van der Waals surface area contributed by atoms with E-state index < -0.39 is 0 Å². The van der Waals surface area contributed by atoms with Gasteiger partial charge < -0.3 is 0 Å². The molecule has 2 aliphatic carbocycles. The normalized spacial score (nSPS) is 38.5. The SMILES string of the molecule is CC1CCCC(=O)C12C=CC=CC2. The summed E-state index contributed by atoms with van der Waals surface area (Å²) in [5.41, 5.74) is -0.132. The van der Waals surface area contributed by atoms with Crippen LogP contribution in [-0.2, 0) is 4.79 Å². The zero-order valence-electron chi connectivity index (χ0n) is 8.12. The Morgan fingerprint density at radius 3 is 2.92 bits per heavy atom. The van der Waals surface area contributed by atoms with Crippen LogP contribution < -0.4 is 0 Å². The summed E-state index contributed by atoms with van der Waals surface area (Å²) in [6, 6.07) is 0. The van der Waals surface area contributed by atoms with Crippen LogP contribution in [0.5, 0.6) is 0 Å². The number of hydrogen-bond donors (Lipinski definition) is 0. The highest BCUT2D eigenvalue weighted by atomic mass is 16.1. The largest absolute Gasteiger partial charge is 0.299 e. The van der Waals surface area contributed by atoms with Crippen LogP contribution >= 0.6 is 0 Å². The summed E-state index contributed by atoms with van der Waals surface area (Å²) < 4.78 is 0. The number of hydrogen-bond acceptors (Lipinski definition) is 1. The van der Waals surface area contributed by atoms with Gasteiger partial charge in [0.2, 0.25) is 0 Å². The molecule has 2 rings (SSSR count). The molecule has 0 bridgehead atoms. The maximum absolute atomic E-state index is 11.9. The van der Waals surface area contributed by atoms with E-state index in [0.29, 0.717) is 11.7 Å². The Morgan fingerprint density at radius 2 is 2.31 bits per heavy atom. The van der Waals surface area contributed by atoms with Crippen LogP contribution in [0.2, 0.25) is 0 Å². The van der Waals surface area contributed by atoms with E-state index in [1.807, 2.05) is 12.2 Å².